The molecular weight excluding hydrogens is 278 g/mol. The molecule has 0 aliphatic rings. The van der Waals surface area contributed by atoms with Crippen molar-refractivity contribution in [3.8, 4) is 0 Å². The molecule has 1 rings (SSSR count). The third kappa shape index (κ3) is 5.49. The number of nitrogens with zero attached hydrogens (tertiary/aromatic N) is 2. The Balaban J connectivity index is 2.69. The molecule has 0 bridgehead atoms. The molecule has 0 fully saturated rings. The van der Waals surface area contributed by atoms with Crippen molar-refractivity contribution in [3.05, 3.63) is 34.9 Å². The summed E-state index contributed by atoms with van der Waals surface area (Å²) in [5.74, 6) is -3.17. The molecule has 0 radical (unpaired) electrons. The highest BCUT2D eigenvalue weighted by molar-refractivity contribution is 5.88. The number of carbonyl (C=O) groups is 1. The summed E-state index contributed by atoms with van der Waals surface area (Å²) in [6, 6.07) is 2.04. The third-order valence-corrected chi connectivity index (χ3v) is 2.88. The molecule has 0 atom stereocenters. The van der Waals surface area contributed by atoms with Crippen molar-refractivity contribution in [1.82, 2.24) is 5.01 Å². The van der Waals surface area contributed by atoms with Gasteiger partial charge in [0, 0.05) is 13.3 Å². The molecule has 6 heteroatoms. The summed E-state index contributed by atoms with van der Waals surface area (Å²) in [6.45, 7) is 4.44. The maximum atomic E-state index is 13.5. The third-order valence-electron chi connectivity index (χ3n) is 2.88. The van der Waals surface area contributed by atoms with Gasteiger partial charge in [-0.1, -0.05) is 13.8 Å². The quantitative estimate of drug-likeness (QED) is 0.619. The first-order valence-electron chi connectivity index (χ1n) is 6.76. The fourth-order valence-electron chi connectivity index (χ4n) is 1.83. The topological polar surface area (TPSA) is 52.9 Å². The van der Waals surface area contributed by atoms with E-state index in [1.165, 1.54) is 0 Å². The number of benzene rings is 1. The van der Waals surface area contributed by atoms with E-state index in [1.807, 2.05) is 0 Å². The van der Waals surface area contributed by atoms with E-state index in [9.17, 15) is 13.6 Å². The summed E-state index contributed by atoms with van der Waals surface area (Å²) in [5.41, 5.74) is -0.597. The van der Waals surface area contributed by atoms with E-state index >= 15 is 0 Å². The zero-order valence-electron chi connectivity index (χ0n) is 12.4. The van der Waals surface area contributed by atoms with Crippen LogP contribution in [0.5, 0.6) is 0 Å². The van der Waals surface area contributed by atoms with Crippen LogP contribution in [0.15, 0.2) is 17.2 Å². The van der Waals surface area contributed by atoms with E-state index in [-0.39, 0.29) is 6.54 Å². The normalized spacial score (nSPS) is 11.3. The molecule has 1 aromatic carbocycles. The SMILES string of the molecule is CC(C)CC/C=N\N(C)Cc1cc(F)c(C(=O)O)c(F)c1. The molecule has 0 spiro atoms. The Hall–Kier alpha value is -1.98. The Morgan fingerprint density at radius 1 is 1.38 bits per heavy atom. The minimum absolute atomic E-state index is 0.200. The van der Waals surface area contributed by atoms with Crippen LogP contribution in [0.25, 0.3) is 0 Å². The van der Waals surface area contributed by atoms with Gasteiger partial charge in [-0.2, -0.15) is 5.10 Å². The Morgan fingerprint density at radius 2 is 1.95 bits per heavy atom. The van der Waals surface area contributed by atoms with Crippen molar-refractivity contribution in [3.63, 3.8) is 0 Å². The molecule has 0 aliphatic carbocycles. The van der Waals surface area contributed by atoms with Crippen LogP contribution >= 0.6 is 0 Å². The highest BCUT2D eigenvalue weighted by Crippen LogP contribution is 2.16. The smallest absolute Gasteiger partial charge is 0.341 e. The number of hydrogen-bond donors (Lipinski definition) is 1. The number of halogens is 2. The van der Waals surface area contributed by atoms with Gasteiger partial charge in [0.25, 0.3) is 0 Å². The van der Waals surface area contributed by atoms with Crippen LogP contribution in [0, 0.1) is 17.6 Å². The van der Waals surface area contributed by atoms with Gasteiger partial charge in [-0.3, -0.25) is 5.01 Å². The van der Waals surface area contributed by atoms with Crippen molar-refractivity contribution in [1.29, 1.82) is 0 Å². The van der Waals surface area contributed by atoms with Crippen LogP contribution in [0.2, 0.25) is 0 Å². The Bertz CT molecular complexity index is 507. The zero-order valence-corrected chi connectivity index (χ0v) is 12.4. The maximum absolute atomic E-state index is 13.5. The van der Waals surface area contributed by atoms with Crippen molar-refractivity contribution in [2.24, 2.45) is 11.0 Å². The second-order valence-electron chi connectivity index (χ2n) is 5.32. The number of rotatable bonds is 7. The highest BCUT2D eigenvalue weighted by Gasteiger charge is 2.17. The van der Waals surface area contributed by atoms with Crippen molar-refractivity contribution >= 4 is 12.2 Å². The Kier molecular flexibility index (Phi) is 6.27. The Morgan fingerprint density at radius 3 is 2.43 bits per heavy atom. The zero-order chi connectivity index (χ0) is 16.0. The molecular formula is C15H20F2N2O2. The van der Waals surface area contributed by atoms with Crippen molar-refractivity contribution in [2.75, 3.05) is 7.05 Å². The van der Waals surface area contributed by atoms with E-state index in [4.69, 9.17) is 5.11 Å². The number of hydrazone groups is 1. The summed E-state index contributed by atoms with van der Waals surface area (Å²) in [6.07, 6.45) is 3.62. The summed E-state index contributed by atoms with van der Waals surface area (Å²) < 4.78 is 27.1. The number of hydrogen-bond acceptors (Lipinski definition) is 3. The lowest BCUT2D eigenvalue weighted by Gasteiger charge is -2.13. The van der Waals surface area contributed by atoms with E-state index in [1.54, 1.807) is 18.3 Å². The van der Waals surface area contributed by atoms with Crippen LogP contribution in [0.3, 0.4) is 0 Å². The standard InChI is InChI=1S/C15H20F2N2O2/c1-10(2)5-4-6-18-19(3)9-11-7-12(16)14(15(20)21)13(17)8-11/h6-8,10H,4-5,9H2,1-3H3,(H,20,21)/b18-6-. The molecule has 0 aliphatic heterocycles. The average molecular weight is 298 g/mol. The van der Waals surface area contributed by atoms with Crippen LogP contribution in [0.1, 0.15) is 42.6 Å². The van der Waals surface area contributed by atoms with E-state index < -0.39 is 23.2 Å². The summed E-state index contributed by atoms with van der Waals surface area (Å²) in [4.78, 5) is 10.7. The molecule has 1 aromatic rings. The first-order valence-corrected chi connectivity index (χ1v) is 6.76. The lowest BCUT2D eigenvalue weighted by Crippen LogP contribution is -2.13. The minimum atomic E-state index is -1.61. The van der Waals surface area contributed by atoms with E-state index in [0.29, 0.717) is 11.5 Å². The van der Waals surface area contributed by atoms with Gasteiger partial charge < -0.3 is 5.11 Å². The maximum Gasteiger partial charge on any atom is 0.341 e. The predicted molar refractivity (Wildman–Crippen MR) is 77.3 cm³/mol. The van der Waals surface area contributed by atoms with Crippen molar-refractivity contribution in [2.45, 2.75) is 33.2 Å². The lowest BCUT2D eigenvalue weighted by molar-refractivity contribution is 0.0686. The molecule has 116 valence electrons. The summed E-state index contributed by atoms with van der Waals surface area (Å²) in [5, 5.41) is 14.4. The highest BCUT2D eigenvalue weighted by atomic mass is 19.1. The number of carboxylic acids is 1. The summed E-state index contributed by atoms with van der Waals surface area (Å²) in [7, 11) is 1.69. The van der Waals surface area contributed by atoms with E-state index in [2.05, 4.69) is 18.9 Å². The van der Waals surface area contributed by atoms with Gasteiger partial charge in [0.1, 0.15) is 17.2 Å². The average Bonchev–Trinajstić information content (AvgIpc) is 2.32. The van der Waals surface area contributed by atoms with Crippen LogP contribution in [0.4, 0.5) is 8.78 Å². The van der Waals surface area contributed by atoms with Crippen LogP contribution in [-0.4, -0.2) is 29.3 Å². The van der Waals surface area contributed by atoms with Crippen LogP contribution < -0.4 is 0 Å². The second-order valence-corrected chi connectivity index (χ2v) is 5.32. The largest absolute Gasteiger partial charge is 0.477 e. The molecule has 0 unspecified atom stereocenters. The monoisotopic (exact) mass is 298 g/mol. The Labute approximate surface area is 123 Å². The van der Waals surface area contributed by atoms with Gasteiger partial charge in [-0.15, -0.1) is 0 Å². The van der Waals surface area contributed by atoms with Gasteiger partial charge in [0.15, 0.2) is 0 Å². The molecule has 0 saturated heterocycles. The minimum Gasteiger partial charge on any atom is -0.477 e. The molecule has 0 heterocycles. The molecule has 0 aromatic heterocycles. The molecule has 4 nitrogen and oxygen atoms in total. The molecule has 1 N–H and O–H groups in total. The van der Waals surface area contributed by atoms with Crippen LogP contribution in [-0.2, 0) is 6.54 Å². The fourth-order valence-corrected chi connectivity index (χ4v) is 1.83. The van der Waals surface area contributed by atoms with Gasteiger partial charge >= 0.3 is 5.97 Å². The van der Waals surface area contributed by atoms with E-state index in [0.717, 1.165) is 25.0 Å². The van der Waals surface area contributed by atoms with Gasteiger partial charge in [-0.25, -0.2) is 13.6 Å². The molecule has 0 amide bonds. The first-order chi connectivity index (χ1) is 9.81. The number of carboxylic acid groups (broad SMARTS) is 1. The van der Waals surface area contributed by atoms with Crippen molar-refractivity contribution < 1.29 is 18.7 Å². The lowest BCUT2D eigenvalue weighted by atomic mass is 10.1. The fraction of sp³-hybridized carbons (Fsp3) is 0.467. The van der Waals surface area contributed by atoms with Gasteiger partial charge in [-0.05, 0) is 36.5 Å². The number of aromatic carboxylic acids is 1. The second kappa shape index (κ2) is 7.71. The van der Waals surface area contributed by atoms with Gasteiger partial charge in [0.2, 0.25) is 0 Å². The molecule has 21 heavy (non-hydrogen) atoms. The molecule has 0 saturated carbocycles. The van der Waals surface area contributed by atoms with Gasteiger partial charge in [0.05, 0.1) is 6.54 Å². The first kappa shape index (κ1) is 17.1. The summed E-state index contributed by atoms with van der Waals surface area (Å²) >= 11 is 0. The predicted octanol–water partition coefficient (Wildman–Crippen LogP) is 3.52.